The average Bonchev–Trinajstić information content (AvgIpc) is 2.14. The second kappa shape index (κ2) is 6.63. The number of carbonyl (C=O) groups excluding carboxylic acids is 2. The van der Waals surface area contributed by atoms with Crippen molar-refractivity contribution >= 4 is 12.8 Å². The summed E-state index contributed by atoms with van der Waals surface area (Å²) in [5.74, 6) is 0. The third-order valence-corrected chi connectivity index (χ3v) is 2.43. The number of hydrogen-bond acceptors (Lipinski definition) is 4. The molecule has 0 amide bonds. The van der Waals surface area contributed by atoms with E-state index in [0.29, 0.717) is 32.3 Å². The van der Waals surface area contributed by atoms with Crippen molar-refractivity contribution in [1.29, 1.82) is 0 Å². The Hall–Kier alpha value is -0.900. The van der Waals surface area contributed by atoms with E-state index in [1.807, 2.05) is 27.7 Å². The van der Waals surface area contributed by atoms with Crippen molar-refractivity contribution in [2.75, 3.05) is 6.61 Å². The van der Waals surface area contributed by atoms with Crippen LogP contribution in [0.4, 0.5) is 0 Å². The van der Waals surface area contributed by atoms with E-state index in [1.54, 1.807) is 0 Å². The van der Waals surface area contributed by atoms with Gasteiger partial charge in [0.25, 0.3) is 6.47 Å². The Balaban J connectivity index is 3.87. The topological polar surface area (TPSA) is 52.6 Å². The highest BCUT2D eigenvalue weighted by atomic mass is 16.5. The van der Waals surface area contributed by atoms with E-state index in [9.17, 15) is 9.59 Å². The number of ether oxygens (including phenoxy) is 2. The lowest BCUT2D eigenvalue weighted by molar-refractivity contribution is -0.143. The Bertz CT molecular complexity index is 221. The average molecular weight is 230 g/mol. The Labute approximate surface area is 97.3 Å². The van der Waals surface area contributed by atoms with Gasteiger partial charge in [0.2, 0.25) is 0 Å². The van der Waals surface area contributed by atoms with Crippen molar-refractivity contribution in [1.82, 2.24) is 0 Å². The van der Waals surface area contributed by atoms with Crippen LogP contribution in [0.5, 0.6) is 0 Å². The molecule has 0 saturated carbocycles. The molecule has 4 nitrogen and oxygen atoms in total. The number of aldehydes is 1. The van der Waals surface area contributed by atoms with Gasteiger partial charge in [0.15, 0.2) is 0 Å². The van der Waals surface area contributed by atoms with Crippen LogP contribution in [0.2, 0.25) is 0 Å². The standard InChI is InChI=1S/C12H22O4/c1-11(2,6-5-8-13)15-9-7-12(3,4)16-10-14/h8,10H,5-7,9H2,1-4H3. The maximum atomic E-state index is 10.3. The minimum atomic E-state index is -0.498. The first-order chi connectivity index (χ1) is 7.33. The highest BCUT2D eigenvalue weighted by molar-refractivity contribution is 5.49. The minimum absolute atomic E-state index is 0.307. The molecule has 0 fully saturated rings. The van der Waals surface area contributed by atoms with E-state index in [-0.39, 0.29) is 5.60 Å². The Kier molecular flexibility index (Phi) is 6.26. The van der Waals surface area contributed by atoms with Crippen LogP contribution in [-0.4, -0.2) is 30.6 Å². The summed E-state index contributed by atoms with van der Waals surface area (Å²) in [6, 6.07) is 0. The molecule has 0 aliphatic rings. The first kappa shape index (κ1) is 15.1. The molecule has 0 aromatic heterocycles. The molecule has 0 N–H and O–H groups in total. The molecule has 0 atom stereocenters. The molecule has 0 aromatic carbocycles. The lowest BCUT2D eigenvalue weighted by atomic mass is 10.0. The van der Waals surface area contributed by atoms with Crippen molar-refractivity contribution in [3.63, 3.8) is 0 Å². The van der Waals surface area contributed by atoms with Crippen LogP contribution in [-0.2, 0) is 19.1 Å². The third kappa shape index (κ3) is 7.40. The number of hydrogen-bond donors (Lipinski definition) is 0. The second-order valence-corrected chi connectivity index (χ2v) is 5.04. The smallest absolute Gasteiger partial charge is 0.293 e. The fourth-order valence-corrected chi connectivity index (χ4v) is 1.24. The highest BCUT2D eigenvalue weighted by Gasteiger charge is 2.22. The molecule has 0 unspecified atom stereocenters. The van der Waals surface area contributed by atoms with Gasteiger partial charge < -0.3 is 14.3 Å². The van der Waals surface area contributed by atoms with Crippen LogP contribution in [0, 0.1) is 0 Å². The molecular weight excluding hydrogens is 208 g/mol. The summed E-state index contributed by atoms with van der Waals surface area (Å²) in [4.78, 5) is 20.5. The normalized spacial score (nSPS) is 12.2. The maximum absolute atomic E-state index is 10.3. The molecule has 0 aromatic rings. The van der Waals surface area contributed by atoms with Crippen molar-refractivity contribution in [3.8, 4) is 0 Å². The third-order valence-electron chi connectivity index (χ3n) is 2.43. The van der Waals surface area contributed by atoms with Gasteiger partial charge in [0, 0.05) is 12.8 Å². The summed E-state index contributed by atoms with van der Waals surface area (Å²) in [7, 11) is 0. The van der Waals surface area contributed by atoms with Crippen LogP contribution in [0.25, 0.3) is 0 Å². The summed E-state index contributed by atoms with van der Waals surface area (Å²) in [5.41, 5.74) is -0.805. The van der Waals surface area contributed by atoms with Crippen LogP contribution < -0.4 is 0 Å². The van der Waals surface area contributed by atoms with Gasteiger partial charge in [-0.15, -0.1) is 0 Å². The first-order valence-electron chi connectivity index (χ1n) is 5.52. The van der Waals surface area contributed by atoms with E-state index < -0.39 is 5.60 Å². The van der Waals surface area contributed by atoms with Crippen molar-refractivity contribution in [2.24, 2.45) is 0 Å². The van der Waals surface area contributed by atoms with Gasteiger partial charge in [-0.25, -0.2) is 0 Å². The molecule has 0 spiro atoms. The maximum Gasteiger partial charge on any atom is 0.293 e. The molecule has 0 aliphatic heterocycles. The van der Waals surface area contributed by atoms with Gasteiger partial charge in [-0.05, 0) is 34.1 Å². The molecule has 94 valence electrons. The lowest BCUT2D eigenvalue weighted by Crippen LogP contribution is -2.30. The van der Waals surface area contributed by atoms with E-state index >= 15 is 0 Å². The van der Waals surface area contributed by atoms with Gasteiger partial charge in [0.05, 0.1) is 12.2 Å². The van der Waals surface area contributed by atoms with Crippen LogP contribution in [0.15, 0.2) is 0 Å². The lowest BCUT2D eigenvalue weighted by Gasteiger charge is -2.28. The van der Waals surface area contributed by atoms with Crippen LogP contribution in [0.3, 0.4) is 0 Å². The number of rotatable bonds is 9. The highest BCUT2D eigenvalue weighted by Crippen LogP contribution is 2.19. The molecule has 0 saturated heterocycles. The zero-order valence-corrected chi connectivity index (χ0v) is 10.6. The van der Waals surface area contributed by atoms with E-state index in [4.69, 9.17) is 9.47 Å². The molecule has 0 aliphatic carbocycles. The minimum Gasteiger partial charge on any atom is -0.462 e. The predicted molar refractivity (Wildman–Crippen MR) is 61.2 cm³/mol. The Morgan fingerprint density at radius 1 is 1.00 bits per heavy atom. The van der Waals surface area contributed by atoms with Crippen LogP contribution >= 0.6 is 0 Å². The largest absolute Gasteiger partial charge is 0.462 e. The Morgan fingerprint density at radius 2 is 1.62 bits per heavy atom. The molecule has 0 bridgehead atoms. The molecule has 0 rings (SSSR count). The summed E-state index contributed by atoms with van der Waals surface area (Å²) < 4.78 is 10.6. The molecule has 16 heavy (non-hydrogen) atoms. The summed E-state index contributed by atoms with van der Waals surface area (Å²) in [6.45, 7) is 8.53. The van der Waals surface area contributed by atoms with E-state index in [1.165, 1.54) is 0 Å². The number of carbonyl (C=O) groups is 2. The van der Waals surface area contributed by atoms with Gasteiger partial charge in [-0.1, -0.05) is 0 Å². The van der Waals surface area contributed by atoms with Crippen molar-refractivity contribution in [3.05, 3.63) is 0 Å². The van der Waals surface area contributed by atoms with Crippen molar-refractivity contribution < 1.29 is 19.1 Å². The van der Waals surface area contributed by atoms with Gasteiger partial charge in [-0.2, -0.15) is 0 Å². The fraction of sp³-hybridized carbons (Fsp3) is 0.833. The molecular formula is C12H22O4. The summed E-state index contributed by atoms with van der Waals surface area (Å²) in [5, 5.41) is 0. The molecule has 0 radical (unpaired) electrons. The monoisotopic (exact) mass is 230 g/mol. The van der Waals surface area contributed by atoms with Crippen LogP contribution in [0.1, 0.15) is 47.0 Å². The first-order valence-corrected chi connectivity index (χ1v) is 5.52. The fourth-order valence-electron chi connectivity index (χ4n) is 1.24. The zero-order valence-electron chi connectivity index (χ0n) is 10.6. The molecule has 0 heterocycles. The molecule has 4 heteroatoms. The quantitative estimate of drug-likeness (QED) is 0.569. The van der Waals surface area contributed by atoms with Gasteiger partial charge in [-0.3, -0.25) is 4.79 Å². The van der Waals surface area contributed by atoms with Gasteiger partial charge >= 0.3 is 0 Å². The second-order valence-electron chi connectivity index (χ2n) is 5.04. The summed E-state index contributed by atoms with van der Waals surface area (Å²) in [6.07, 6.45) is 2.73. The summed E-state index contributed by atoms with van der Waals surface area (Å²) >= 11 is 0. The van der Waals surface area contributed by atoms with Gasteiger partial charge in [0.1, 0.15) is 11.9 Å². The van der Waals surface area contributed by atoms with E-state index in [2.05, 4.69) is 0 Å². The zero-order chi connectivity index (χ0) is 12.7. The van der Waals surface area contributed by atoms with Crippen molar-refractivity contribution in [2.45, 2.75) is 58.2 Å². The Morgan fingerprint density at radius 3 is 2.12 bits per heavy atom. The van der Waals surface area contributed by atoms with E-state index in [0.717, 1.165) is 6.29 Å². The predicted octanol–water partition coefficient (Wildman–Crippen LogP) is 2.10. The SMILES string of the molecule is CC(C)(CCOC(C)(C)CCC=O)OC=O.